The molecule has 0 fully saturated rings. The molecule has 3 nitrogen and oxygen atoms in total. The number of amides is 1. The first-order valence-corrected chi connectivity index (χ1v) is 7.36. The fraction of sp³-hybridized carbons (Fsp3) is 0.562. The van der Waals surface area contributed by atoms with E-state index in [1.54, 1.807) is 6.07 Å². The predicted molar refractivity (Wildman–Crippen MR) is 80.1 cm³/mol. The minimum Gasteiger partial charge on any atom is -0.355 e. The summed E-state index contributed by atoms with van der Waals surface area (Å²) in [5.74, 6) is -0.203. The molecule has 1 amide bonds. The molecule has 0 aromatic heterocycles. The van der Waals surface area contributed by atoms with Crippen molar-refractivity contribution < 1.29 is 9.18 Å². The number of rotatable bonds is 9. The molecule has 0 saturated heterocycles. The highest BCUT2D eigenvalue weighted by molar-refractivity contribution is 5.78. The van der Waals surface area contributed by atoms with Crippen molar-refractivity contribution in [3.63, 3.8) is 0 Å². The first kappa shape index (κ1) is 16.6. The fourth-order valence-electron chi connectivity index (χ4n) is 1.96. The van der Waals surface area contributed by atoms with Gasteiger partial charge >= 0.3 is 0 Å². The van der Waals surface area contributed by atoms with Crippen molar-refractivity contribution in [2.75, 3.05) is 19.6 Å². The van der Waals surface area contributed by atoms with Gasteiger partial charge in [0.25, 0.3) is 0 Å². The van der Waals surface area contributed by atoms with Gasteiger partial charge in [-0.3, -0.25) is 4.79 Å². The fourth-order valence-corrected chi connectivity index (χ4v) is 1.96. The monoisotopic (exact) mass is 280 g/mol. The second kappa shape index (κ2) is 9.48. The minimum absolute atomic E-state index is 0.0514. The number of benzene rings is 1. The summed E-state index contributed by atoms with van der Waals surface area (Å²) < 4.78 is 13.0. The Morgan fingerprint density at radius 2 is 2.10 bits per heavy atom. The molecular weight excluding hydrogens is 255 g/mol. The number of carbonyl (C=O) groups excluding carboxylic acids is 1. The van der Waals surface area contributed by atoms with Crippen molar-refractivity contribution in [2.24, 2.45) is 5.92 Å². The number of aryl methyl sites for hydroxylation is 1. The summed E-state index contributed by atoms with van der Waals surface area (Å²) in [5.41, 5.74) is 0.939. The summed E-state index contributed by atoms with van der Waals surface area (Å²) in [6, 6.07) is 6.55. The molecule has 20 heavy (non-hydrogen) atoms. The Morgan fingerprint density at radius 3 is 2.80 bits per heavy atom. The van der Waals surface area contributed by atoms with Gasteiger partial charge < -0.3 is 10.6 Å². The first-order valence-electron chi connectivity index (χ1n) is 7.36. The Morgan fingerprint density at radius 1 is 1.30 bits per heavy atom. The topological polar surface area (TPSA) is 41.1 Å². The molecule has 2 N–H and O–H groups in total. The maximum absolute atomic E-state index is 13.0. The zero-order valence-electron chi connectivity index (χ0n) is 12.4. The third-order valence-electron chi connectivity index (χ3n) is 3.23. The van der Waals surface area contributed by atoms with Gasteiger partial charge in [-0.05, 0) is 43.5 Å². The van der Waals surface area contributed by atoms with Crippen LogP contribution in [0.5, 0.6) is 0 Å². The van der Waals surface area contributed by atoms with Crippen molar-refractivity contribution in [3.8, 4) is 0 Å². The van der Waals surface area contributed by atoms with Crippen LogP contribution in [0.3, 0.4) is 0 Å². The molecule has 1 aromatic carbocycles. The van der Waals surface area contributed by atoms with E-state index < -0.39 is 0 Å². The molecule has 4 heteroatoms. The standard InChI is InChI=1S/C16H25FN2O/c1-3-9-18-10-11-19-16(20)13(2)7-8-14-5-4-6-15(17)12-14/h4-6,12-13,18H,3,7-11H2,1-2H3,(H,19,20). The van der Waals surface area contributed by atoms with Crippen LogP contribution in [0.2, 0.25) is 0 Å². The number of halogens is 1. The second-order valence-electron chi connectivity index (χ2n) is 5.11. The van der Waals surface area contributed by atoms with E-state index in [1.165, 1.54) is 12.1 Å². The van der Waals surface area contributed by atoms with Gasteiger partial charge in [0.05, 0.1) is 0 Å². The van der Waals surface area contributed by atoms with Gasteiger partial charge in [-0.1, -0.05) is 26.0 Å². The average Bonchev–Trinajstić information content (AvgIpc) is 2.44. The van der Waals surface area contributed by atoms with Crippen LogP contribution in [-0.4, -0.2) is 25.5 Å². The van der Waals surface area contributed by atoms with E-state index in [-0.39, 0.29) is 17.6 Å². The molecule has 1 atom stereocenters. The molecule has 1 rings (SSSR count). The third kappa shape index (κ3) is 6.66. The van der Waals surface area contributed by atoms with Crippen molar-refractivity contribution in [3.05, 3.63) is 35.6 Å². The molecule has 0 heterocycles. The Balaban J connectivity index is 2.21. The quantitative estimate of drug-likeness (QED) is 0.682. The number of hydrogen-bond acceptors (Lipinski definition) is 2. The number of nitrogens with one attached hydrogen (secondary N) is 2. The van der Waals surface area contributed by atoms with E-state index in [2.05, 4.69) is 17.6 Å². The van der Waals surface area contributed by atoms with Gasteiger partial charge in [0, 0.05) is 19.0 Å². The van der Waals surface area contributed by atoms with Gasteiger partial charge in [-0.2, -0.15) is 0 Å². The lowest BCUT2D eigenvalue weighted by molar-refractivity contribution is -0.124. The molecule has 0 saturated carbocycles. The van der Waals surface area contributed by atoms with E-state index in [9.17, 15) is 9.18 Å². The van der Waals surface area contributed by atoms with Crippen LogP contribution in [0.25, 0.3) is 0 Å². The average molecular weight is 280 g/mol. The third-order valence-corrected chi connectivity index (χ3v) is 3.23. The molecular formula is C16H25FN2O. The summed E-state index contributed by atoms with van der Waals surface area (Å²) in [6.45, 7) is 6.46. The van der Waals surface area contributed by atoms with Crippen molar-refractivity contribution in [1.29, 1.82) is 0 Å². The predicted octanol–water partition coefficient (Wildman–Crippen LogP) is 2.51. The van der Waals surface area contributed by atoms with Crippen LogP contribution >= 0.6 is 0 Å². The van der Waals surface area contributed by atoms with Crippen molar-refractivity contribution >= 4 is 5.91 Å². The molecule has 0 aliphatic heterocycles. The summed E-state index contributed by atoms with van der Waals surface area (Å²) in [6.07, 6.45) is 2.55. The molecule has 0 bridgehead atoms. The van der Waals surface area contributed by atoms with E-state index >= 15 is 0 Å². The zero-order valence-corrected chi connectivity index (χ0v) is 12.4. The Kier molecular flexibility index (Phi) is 7.88. The van der Waals surface area contributed by atoms with Gasteiger partial charge in [0.15, 0.2) is 0 Å². The van der Waals surface area contributed by atoms with Crippen LogP contribution < -0.4 is 10.6 Å². The minimum atomic E-state index is -0.221. The lowest BCUT2D eigenvalue weighted by Gasteiger charge is -2.12. The summed E-state index contributed by atoms with van der Waals surface area (Å²) in [5, 5.41) is 6.15. The molecule has 0 aliphatic rings. The van der Waals surface area contributed by atoms with Crippen molar-refractivity contribution in [1.82, 2.24) is 10.6 Å². The van der Waals surface area contributed by atoms with Crippen molar-refractivity contribution in [2.45, 2.75) is 33.1 Å². The maximum Gasteiger partial charge on any atom is 0.222 e. The zero-order chi connectivity index (χ0) is 14.8. The molecule has 0 spiro atoms. The smallest absolute Gasteiger partial charge is 0.222 e. The molecule has 1 aromatic rings. The highest BCUT2D eigenvalue weighted by Gasteiger charge is 2.12. The Hall–Kier alpha value is -1.42. The van der Waals surface area contributed by atoms with Gasteiger partial charge in [0.1, 0.15) is 5.82 Å². The van der Waals surface area contributed by atoms with E-state index in [0.717, 1.165) is 37.9 Å². The largest absolute Gasteiger partial charge is 0.355 e. The highest BCUT2D eigenvalue weighted by Crippen LogP contribution is 2.11. The van der Waals surface area contributed by atoms with Crippen LogP contribution in [0.4, 0.5) is 4.39 Å². The Labute approximate surface area is 121 Å². The number of carbonyl (C=O) groups is 1. The van der Waals surface area contributed by atoms with Crippen LogP contribution in [0.15, 0.2) is 24.3 Å². The SMILES string of the molecule is CCCNCCNC(=O)C(C)CCc1cccc(F)c1. The first-order chi connectivity index (χ1) is 9.63. The Bertz CT molecular complexity index is 409. The summed E-state index contributed by atoms with van der Waals surface area (Å²) >= 11 is 0. The normalized spacial score (nSPS) is 12.2. The van der Waals surface area contributed by atoms with Gasteiger partial charge in [-0.15, -0.1) is 0 Å². The van der Waals surface area contributed by atoms with E-state index in [4.69, 9.17) is 0 Å². The van der Waals surface area contributed by atoms with Gasteiger partial charge in [0.2, 0.25) is 5.91 Å². The summed E-state index contributed by atoms with van der Waals surface area (Å²) in [4.78, 5) is 11.9. The molecule has 1 unspecified atom stereocenters. The molecule has 0 radical (unpaired) electrons. The molecule has 0 aliphatic carbocycles. The lowest BCUT2D eigenvalue weighted by Crippen LogP contribution is -2.35. The molecule has 112 valence electrons. The summed E-state index contributed by atoms with van der Waals surface area (Å²) in [7, 11) is 0. The van der Waals surface area contributed by atoms with Gasteiger partial charge in [-0.25, -0.2) is 4.39 Å². The second-order valence-corrected chi connectivity index (χ2v) is 5.11. The highest BCUT2D eigenvalue weighted by atomic mass is 19.1. The van der Waals surface area contributed by atoms with Crippen LogP contribution in [0, 0.1) is 11.7 Å². The number of hydrogen-bond donors (Lipinski definition) is 2. The van der Waals surface area contributed by atoms with E-state index in [0.29, 0.717) is 6.54 Å². The van der Waals surface area contributed by atoms with E-state index in [1.807, 2.05) is 13.0 Å². The maximum atomic E-state index is 13.0. The van der Waals surface area contributed by atoms with Crippen LogP contribution in [-0.2, 0) is 11.2 Å². The lowest BCUT2D eigenvalue weighted by atomic mass is 10.0. The van der Waals surface area contributed by atoms with Crippen LogP contribution in [0.1, 0.15) is 32.3 Å².